The Labute approximate surface area is 117 Å². The normalized spacial score (nSPS) is 13.1. The second-order valence-corrected chi connectivity index (χ2v) is 5.30. The van der Waals surface area contributed by atoms with Gasteiger partial charge in [-0.1, -0.05) is 25.1 Å². The van der Waals surface area contributed by atoms with Gasteiger partial charge >= 0.3 is 0 Å². The standard InChI is InChI=1S/C13H20N4OS/c1-3-17(4-2)8-7-11-15-13(18-16-11)12(14)10-6-5-9-19-10/h5-6,9,12H,3-4,7-8,14H2,1-2H3. The van der Waals surface area contributed by atoms with Crippen LogP contribution < -0.4 is 5.73 Å². The van der Waals surface area contributed by atoms with Crippen LogP contribution in [0.5, 0.6) is 0 Å². The van der Waals surface area contributed by atoms with Gasteiger partial charge in [0, 0.05) is 17.8 Å². The van der Waals surface area contributed by atoms with Crippen LogP contribution in [0.1, 0.15) is 36.5 Å². The third-order valence-electron chi connectivity index (χ3n) is 3.15. The van der Waals surface area contributed by atoms with Crippen molar-refractivity contribution in [1.29, 1.82) is 0 Å². The van der Waals surface area contributed by atoms with Gasteiger partial charge in [0.2, 0.25) is 5.89 Å². The minimum atomic E-state index is -0.310. The zero-order valence-electron chi connectivity index (χ0n) is 11.4. The molecule has 0 fully saturated rings. The van der Waals surface area contributed by atoms with Crippen LogP contribution in [-0.4, -0.2) is 34.7 Å². The Morgan fingerprint density at radius 3 is 2.84 bits per heavy atom. The predicted molar refractivity (Wildman–Crippen MR) is 76.1 cm³/mol. The summed E-state index contributed by atoms with van der Waals surface area (Å²) in [6.07, 6.45) is 0.794. The second kappa shape index (κ2) is 6.79. The molecule has 2 N–H and O–H groups in total. The van der Waals surface area contributed by atoms with Crippen LogP contribution in [0.3, 0.4) is 0 Å². The Kier molecular flexibility index (Phi) is 5.07. The van der Waals surface area contributed by atoms with E-state index in [1.165, 1.54) is 0 Å². The predicted octanol–water partition coefficient (Wildman–Crippen LogP) is 2.06. The Morgan fingerprint density at radius 2 is 2.21 bits per heavy atom. The first kappa shape index (κ1) is 14.2. The van der Waals surface area contributed by atoms with Crippen molar-refractivity contribution in [3.05, 3.63) is 34.1 Å². The molecule has 2 rings (SSSR count). The number of likely N-dealkylation sites (N-methyl/N-ethyl adjacent to an activating group) is 1. The molecule has 0 radical (unpaired) electrons. The molecular formula is C13H20N4OS. The molecule has 1 atom stereocenters. The van der Waals surface area contributed by atoms with Crippen molar-refractivity contribution in [1.82, 2.24) is 15.0 Å². The molecule has 0 aliphatic heterocycles. The fourth-order valence-corrected chi connectivity index (χ4v) is 2.60. The number of hydrogen-bond acceptors (Lipinski definition) is 6. The summed E-state index contributed by atoms with van der Waals surface area (Å²) in [6, 6.07) is 3.64. The monoisotopic (exact) mass is 280 g/mol. The molecule has 5 nitrogen and oxygen atoms in total. The van der Waals surface area contributed by atoms with E-state index >= 15 is 0 Å². The van der Waals surface area contributed by atoms with Gasteiger partial charge in [-0.2, -0.15) is 4.98 Å². The van der Waals surface area contributed by atoms with Crippen LogP contribution in [0.2, 0.25) is 0 Å². The summed E-state index contributed by atoms with van der Waals surface area (Å²) in [5.41, 5.74) is 6.09. The average Bonchev–Trinajstić information content (AvgIpc) is 3.11. The summed E-state index contributed by atoms with van der Waals surface area (Å²) in [7, 11) is 0. The van der Waals surface area contributed by atoms with Gasteiger partial charge in [-0.25, -0.2) is 0 Å². The molecule has 2 heterocycles. The number of aromatic nitrogens is 2. The highest BCUT2D eigenvalue weighted by molar-refractivity contribution is 7.10. The average molecular weight is 280 g/mol. The van der Waals surface area contributed by atoms with Crippen LogP contribution in [0.15, 0.2) is 22.0 Å². The lowest BCUT2D eigenvalue weighted by atomic mass is 10.2. The SMILES string of the molecule is CCN(CC)CCc1noc(C(N)c2cccs2)n1. The van der Waals surface area contributed by atoms with Gasteiger partial charge in [-0.3, -0.25) is 0 Å². The van der Waals surface area contributed by atoms with E-state index in [4.69, 9.17) is 10.3 Å². The minimum absolute atomic E-state index is 0.310. The lowest BCUT2D eigenvalue weighted by molar-refractivity contribution is 0.302. The van der Waals surface area contributed by atoms with Gasteiger partial charge in [-0.15, -0.1) is 11.3 Å². The van der Waals surface area contributed by atoms with E-state index < -0.39 is 0 Å². The van der Waals surface area contributed by atoms with Crippen molar-refractivity contribution >= 4 is 11.3 Å². The smallest absolute Gasteiger partial charge is 0.248 e. The molecule has 0 saturated heterocycles. The van der Waals surface area contributed by atoms with Gasteiger partial charge < -0.3 is 15.2 Å². The molecule has 0 saturated carbocycles. The molecule has 6 heteroatoms. The quantitative estimate of drug-likeness (QED) is 0.841. The zero-order chi connectivity index (χ0) is 13.7. The molecule has 19 heavy (non-hydrogen) atoms. The Balaban J connectivity index is 1.95. The van der Waals surface area contributed by atoms with Gasteiger partial charge in [0.25, 0.3) is 0 Å². The fourth-order valence-electron chi connectivity index (χ4n) is 1.88. The Hall–Kier alpha value is -1.24. The van der Waals surface area contributed by atoms with E-state index in [1.54, 1.807) is 11.3 Å². The van der Waals surface area contributed by atoms with Crippen LogP contribution in [0, 0.1) is 0 Å². The molecule has 2 aromatic heterocycles. The van der Waals surface area contributed by atoms with E-state index in [9.17, 15) is 0 Å². The molecule has 104 valence electrons. The highest BCUT2D eigenvalue weighted by Gasteiger charge is 2.17. The van der Waals surface area contributed by atoms with Crippen molar-refractivity contribution < 1.29 is 4.52 Å². The van der Waals surface area contributed by atoms with Gasteiger partial charge in [0.1, 0.15) is 6.04 Å². The summed E-state index contributed by atoms with van der Waals surface area (Å²) in [4.78, 5) is 7.75. The van der Waals surface area contributed by atoms with Crippen LogP contribution >= 0.6 is 11.3 Å². The summed E-state index contributed by atoms with van der Waals surface area (Å²) in [5.74, 6) is 1.23. The third-order valence-corrected chi connectivity index (χ3v) is 4.10. The van der Waals surface area contributed by atoms with Crippen molar-refractivity contribution in [3.8, 4) is 0 Å². The van der Waals surface area contributed by atoms with E-state index in [0.717, 1.165) is 36.8 Å². The van der Waals surface area contributed by atoms with Crippen LogP contribution in [0.25, 0.3) is 0 Å². The second-order valence-electron chi connectivity index (χ2n) is 4.32. The van der Waals surface area contributed by atoms with Gasteiger partial charge in [0.05, 0.1) is 0 Å². The zero-order valence-corrected chi connectivity index (χ0v) is 12.2. The molecule has 1 unspecified atom stereocenters. The van der Waals surface area contributed by atoms with Crippen LogP contribution in [-0.2, 0) is 6.42 Å². The van der Waals surface area contributed by atoms with Gasteiger partial charge in [-0.05, 0) is 24.5 Å². The van der Waals surface area contributed by atoms with Gasteiger partial charge in [0.15, 0.2) is 5.82 Å². The molecule has 0 amide bonds. The maximum absolute atomic E-state index is 6.09. The van der Waals surface area contributed by atoms with Crippen molar-refractivity contribution in [2.24, 2.45) is 5.73 Å². The largest absolute Gasteiger partial charge is 0.337 e. The molecular weight excluding hydrogens is 260 g/mol. The molecule has 0 aliphatic rings. The minimum Gasteiger partial charge on any atom is -0.337 e. The lowest BCUT2D eigenvalue weighted by Gasteiger charge is -2.16. The lowest BCUT2D eigenvalue weighted by Crippen LogP contribution is -2.25. The summed E-state index contributed by atoms with van der Waals surface area (Å²) < 4.78 is 5.25. The third kappa shape index (κ3) is 3.62. The Bertz CT molecular complexity index is 479. The molecule has 0 aliphatic carbocycles. The Morgan fingerprint density at radius 1 is 1.42 bits per heavy atom. The highest BCUT2D eigenvalue weighted by Crippen LogP contribution is 2.22. The summed E-state index contributed by atoms with van der Waals surface area (Å²) in [5, 5.41) is 5.99. The van der Waals surface area contributed by atoms with E-state index in [0.29, 0.717) is 5.89 Å². The molecule has 0 aromatic carbocycles. The van der Waals surface area contributed by atoms with Crippen LogP contribution in [0.4, 0.5) is 0 Å². The number of hydrogen-bond donors (Lipinski definition) is 1. The molecule has 2 aromatic rings. The number of thiophene rings is 1. The first-order valence-electron chi connectivity index (χ1n) is 6.58. The first-order chi connectivity index (χ1) is 9.24. The van der Waals surface area contributed by atoms with Crippen molar-refractivity contribution in [3.63, 3.8) is 0 Å². The number of nitrogens with zero attached hydrogens (tertiary/aromatic N) is 3. The maximum Gasteiger partial charge on any atom is 0.248 e. The van der Waals surface area contributed by atoms with Crippen molar-refractivity contribution in [2.45, 2.75) is 26.3 Å². The molecule has 0 spiro atoms. The summed E-state index contributed by atoms with van der Waals surface area (Å²) in [6.45, 7) is 7.32. The van der Waals surface area contributed by atoms with E-state index in [-0.39, 0.29) is 6.04 Å². The maximum atomic E-state index is 6.09. The number of rotatable bonds is 7. The summed E-state index contributed by atoms with van der Waals surface area (Å²) >= 11 is 1.60. The topological polar surface area (TPSA) is 68.2 Å². The highest BCUT2D eigenvalue weighted by atomic mass is 32.1. The fraction of sp³-hybridized carbons (Fsp3) is 0.538. The molecule has 0 bridgehead atoms. The van der Waals surface area contributed by atoms with Crippen molar-refractivity contribution in [2.75, 3.05) is 19.6 Å². The number of nitrogens with two attached hydrogens (primary N) is 1. The van der Waals surface area contributed by atoms with E-state index in [2.05, 4.69) is 28.9 Å². The first-order valence-corrected chi connectivity index (χ1v) is 7.46. The van der Waals surface area contributed by atoms with E-state index in [1.807, 2.05) is 17.5 Å².